The van der Waals surface area contributed by atoms with Crippen molar-refractivity contribution in [3.05, 3.63) is 12.2 Å². The first-order valence-electron chi connectivity index (χ1n) is 7.29. The van der Waals surface area contributed by atoms with Crippen molar-refractivity contribution >= 4 is 0 Å². The number of rotatable bonds is 1. The van der Waals surface area contributed by atoms with Crippen LogP contribution in [0.3, 0.4) is 0 Å². The molecule has 19 heavy (non-hydrogen) atoms. The van der Waals surface area contributed by atoms with Gasteiger partial charge in [-0.3, -0.25) is 0 Å². The van der Waals surface area contributed by atoms with E-state index in [1.165, 1.54) is 0 Å². The summed E-state index contributed by atoms with van der Waals surface area (Å²) in [6, 6.07) is 0. The van der Waals surface area contributed by atoms with Crippen LogP contribution < -0.4 is 0 Å². The van der Waals surface area contributed by atoms with E-state index in [2.05, 4.69) is 13.5 Å². The van der Waals surface area contributed by atoms with Crippen LogP contribution in [-0.4, -0.2) is 41.9 Å². The Hall–Kier alpha value is -0.420. The number of ether oxygens (including phenoxy) is 3. The van der Waals surface area contributed by atoms with Crippen molar-refractivity contribution in [1.82, 2.24) is 0 Å². The first kappa shape index (κ1) is 12.3. The predicted octanol–water partition coefficient (Wildman–Crippen LogP) is 1.77. The maximum atomic E-state index is 9.79. The van der Waals surface area contributed by atoms with Gasteiger partial charge in [0.25, 0.3) is 0 Å². The fourth-order valence-electron chi connectivity index (χ4n) is 4.86. The zero-order valence-corrected chi connectivity index (χ0v) is 11.5. The van der Waals surface area contributed by atoms with Crippen LogP contribution in [0.25, 0.3) is 0 Å². The summed E-state index contributed by atoms with van der Waals surface area (Å²) in [5.74, 6) is -0.392. The molecule has 0 bridgehead atoms. The van der Waals surface area contributed by atoms with E-state index in [1.807, 2.05) is 0 Å². The fourth-order valence-corrected chi connectivity index (χ4v) is 4.86. The largest absolute Gasteiger partial charge is 0.393 e. The highest BCUT2D eigenvalue weighted by Crippen LogP contribution is 2.74. The average Bonchev–Trinajstić information content (AvgIpc) is 2.85. The van der Waals surface area contributed by atoms with Crippen LogP contribution >= 0.6 is 0 Å². The van der Waals surface area contributed by atoms with Crippen LogP contribution in [0.15, 0.2) is 12.2 Å². The molecule has 4 heteroatoms. The molecule has 4 nitrogen and oxygen atoms in total. The predicted molar refractivity (Wildman–Crippen MR) is 68.6 cm³/mol. The van der Waals surface area contributed by atoms with Gasteiger partial charge in [0.2, 0.25) is 0 Å². The molecule has 2 aliphatic carbocycles. The van der Waals surface area contributed by atoms with Gasteiger partial charge in [-0.1, -0.05) is 13.5 Å². The summed E-state index contributed by atoms with van der Waals surface area (Å²) < 4.78 is 17.9. The number of aliphatic hydroxyl groups is 1. The van der Waals surface area contributed by atoms with E-state index in [-0.39, 0.29) is 17.6 Å². The second kappa shape index (κ2) is 3.42. The fraction of sp³-hybridized carbons (Fsp3) is 0.867. The van der Waals surface area contributed by atoms with Gasteiger partial charge < -0.3 is 19.3 Å². The summed E-state index contributed by atoms with van der Waals surface area (Å²) >= 11 is 0. The lowest BCUT2D eigenvalue weighted by molar-refractivity contribution is -0.166. The average molecular weight is 266 g/mol. The summed E-state index contributed by atoms with van der Waals surface area (Å²) in [7, 11) is 0. The molecular weight excluding hydrogens is 244 g/mol. The Morgan fingerprint density at radius 2 is 1.84 bits per heavy atom. The van der Waals surface area contributed by atoms with E-state index in [4.69, 9.17) is 14.2 Å². The zero-order valence-electron chi connectivity index (χ0n) is 11.5. The highest BCUT2D eigenvalue weighted by Gasteiger charge is 2.82. The van der Waals surface area contributed by atoms with E-state index in [0.29, 0.717) is 13.2 Å². The molecule has 2 heterocycles. The minimum atomic E-state index is -0.480. The van der Waals surface area contributed by atoms with E-state index >= 15 is 0 Å². The summed E-state index contributed by atoms with van der Waals surface area (Å²) in [5.41, 5.74) is 0.420. The van der Waals surface area contributed by atoms with E-state index in [1.54, 1.807) is 0 Å². The maximum absolute atomic E-state index is 9.79. The van der Waals surface area contributed by atoms with Crippen LogP contribution in [-0.2, 0) is 14.2 Å². The Bertz CT molecular complexity index is 441. The summed E-state index contributed by atoms with van der Waals surface area (Å²) in [4.78, 5) is 0. The molecule has 0 aromatic heterocycles. The summed E-state index contributed by atoms with van der Waals surface area (Å²) in [5, 5.41) is 9.79. The Kier molecular flexibility index (Phi) is 2.22. The standard InChI is InChI=1S/C15H22O4/c1-11-9-12(2)3-4-13(17-7-8-18-13)5-6-15(12)14(11,10-16)19-15/h16H,1,3-10H2,2H3/t12-,14+,15-/m0/s1. The highest BCUT2D eigenvalue weighted by molar-refractivity contribution is 5.43. The molecule has 4 aliphatic rings. The van der Waals surface area contributed by atoms with Gasteiger partial charge in [0, 0.05) is 18.3 Å². The first-order chi connectivity index (χ1) is 9.02. The van der Waals surface area contributed by atoms with Crippen LogP contribution in [0.1, 0.15) is 39.0 Å². The Morgan fingerprint density at radius 3 is 2.47 bits per heavy atom. The van der Waals surface area contributed by atoms with E-state index in [0.717, 1.165) is 37.7 Å². The van der Waals surface area contributed by atoms with Gasteiger partial charge in [-0.25, -0.2) is 0 Å². The molecule has 106 valence electrons. The molecule has 0 aromatic rings. The lowest BCUT2D eigenvalue weighted by Crippen LogP contribution is -2.35. The van der Waals surface area contributed by atoms with Crippen molar-refractivity contribution in [3.8, 4) is 0 Å². The third-order valence-electron chi connectivity index (χ3n) is 6.06. The van der Waals surface area contributed by atoms with Crippen molar-refractivity contribution in [2.45, 2.75) is 56.0 Å². The molecular formula is C15H22O4. The van der Waals surface area contributed by atoms with Crippen LogP contribution in [0.5, 0.6) is 0 Å². The minimum absolute atomic E-state index is 0.0517. The maximum Gasteiger partial charge on any atom is 0.168 e. The molecule has 4 fully saturated rings. The number of hydrogen-bond donors (Lipinski definition) is 1. The SMILES string of the molecule is C=C1C[C@]2(C)CCC3(CC[C@]24O[C@]14CO)OCCO3. The normalized spacial score (nSPS) is 50.9. The minimum Gasteiger partial charge on any atom is -0.393 e. The molecule has 2 spiro atoms. The Balaban J connectivity index is 1.68. The Labute approximate surface area is 113 Å². The third kappa shape index (κ3) is 1.24. The number of aliphatic hydroxyl groups excluding tert-OH is 1. The lowest BCUT2D eigenvalue weighted by Gasteiger charge is -2.30. The van der Waals surface area contributed by atoms with Crippen LogP contribution in [0.2, 0.25) is 0 Å². The topological polar surface area (TPSA) is 51.2 Å². The van der Waals surface area contributed by atoms with Crippen molar-refractivity contribution < 1.29 is 19.3 Å². The third-order valence-corrected chi connectivity index (χ3v) is 6.06. The quantitative estimate of drug-likeness (QED) is 0.580. The molecule has 3 atom stereocenters. The van der Waals surface area contributed by atoms with Gasteiger partial charge in [0.1, 0.15) is 11.2 Å². The van der Waals surface area contributed by atoms with Crippen LogP contribution in [0, 0.1) is 5.41 Å². The number of epoxide rings is 1. The van der Waals surface area contributed by atoms with Crippen molar-refractivity contribution in [2.75, 3.05) is 19.8 Å². The van der Waals surface area contributed by atoms with Gasteiger partial charge >= 0.3 is 0 Å². The smallest absolute Gasteiger partial charge is 0.168 e. The number of hydrogen-bond acceptors (Lipinski definition) is 4. The van der Waals surface area contributed by atoms with Gasteiger partial charge in [0.05, 0.1) is 19.8 Å². The molecule has 1 N–H and O–H groups in total. The summed E-state index contributed by atoms with van der Waals surface area (Å²) in [6.45, 7) is 7.88. The lowest BCUT2D eigenvalue weighted by atomic mass is 9.73. The van der Waals surface area contributed by atoms with Crippen molar-refractivity contribution in [2.24, 2.45) is 5.41 Å². The molecule has 2 saturated heterocycles. The second-order valence-electron chi connectivity index (χ2n) is 6.86. The van der Waals surface area contributed by atoms with Gasteiger partial charge in [-0.05, 0) is 24.8 Å². The van der Waals surface area contributed by atoms with Crippen molar-refractivity contribution in [1.29, 1.82) is 0 Å². The Morgan fingerprint density at radius 1 is 1.16 bits per heavy atom. The molecule has 2 saturated carbocycles. The second-order valence-corrected chi connectivity index (χ2v) is 6.86. The molecule has 2 aliphatic heterocycles. The van der Waals surface area contributed by atoms with Crippen molar-refractivity contribution in [3.63, 3.8) is 0 Å². The highest BCUT2D eigenvalue weighted by atomic mass is 16.7. The van der Waals surface area contributed by atoms with E-state index < -0.39 is 11.4 Å². The van der Waals surface area contributed by atoms with Crippen LogP contribution in [0.4, 0.5) is 0 Å². The van der Waals surface area contributed by atoms with Gasteiger partial charge in [0.15, 0.2) is 5.79 Å². The monoisotopic (exact) mass is 266 g/mol. The molecule has 0 radical (unpaired) electrons. The van der Waals surface area contributed by atoms with E-state index in [9.17, 15) is 5.11 Å². The van der Waals surface area contributed by atoms with Gasteiger partial charge in [-0.2, -0.15) is 0 Å². The molecule has 4 rings (SSSR count). The molecule has 0 aromatic carbocycles. The van der Waals surface area contributed by atoms with Gasteiger partial charge in [-0.15, -0.1) is 0 Å². The molecule has 0 amide bonds. The summed E-state index contributed by atoms with van der Waals surface area (Å²) in [6.07, 6.45) is 4.63. The zero-order chi connectivity index (χ0) is 13.4. The molecule has 0 unspecified atom stereocenters. The first-order valence-corrected chi connectivity index (χ1v) is 7.29.